The van der Waals surface area contributed by atoms with E-state index in [1.165, 1.54) is 23.9 Å². The Morgan fingerprint density at radius 1 is 1.07 bits per heavy atom. The van der Waals surface area contributed by atoms with Crippen molar-refractivity contribution < 1.29 is 28.2 Å². The van der Waals surface area contributed by atoms with Gasteiger partial charge < -0.3 is 19.5 Å². The predicted octanol–water partition coefficient (Wildman–Crippen LogP) is 4.53. The normalized spacial score (nSPS) is 15.9. The Labute approximate surface area is 178 Å². The van der Waals surface area contributed by atoms with Crippen LogP contribution in [0.15, 0.2) is 47.4 Å². The highest BCUT2D eigenvalue weighted by Crippen LogP contribution is 2.47. The van der Waals surface area contributed by atoms with Crippen molar-refractivity contribution >= 4 is 29.3 Å². The van der Waals surface area contributed by atoms with Gasteiger partial charge in [0.25, 0.3) is 11.7 Å². The molecule has 1 aliphatic heterocycles. The molecular weight excluding hydrogens is 409 g/mol. The van der Waals surface area contributed by atoms with Gasteiger partial charge in [-0.3, -0.25) is 9.59 Å². The smallest absolute Gasteiger partial charge is 0.307 e. The number of hydrogen-bond acceptors (Lipinski definition) is 6. The minimum atomic E-state index is -0.549. The summed E-state index contributed by atoms with van der Waals surface area (Å²) in [7, 11) is 0. The third-order valence-corrected chi connectivity index (χ3v) is 5.95. The molecule has 6 nitrogen and oxygen atoms in total. The lowest BCUT2D eigenvalue weighted by Crippen LogP contribution is -2.34. The van der Waals surface area contributed by atoms with Crippen LogP contribution in [0.5, 0.6) is 11.5 Å². The fourth-order valence-electron chi connectivity index (χ4n) is 3.49. The Morgan fingerprint density at radius 2 is 1.80 bits per heavy atom. The molecule has 4 rings (SSSR count). The number of rotatable bonds is 7. The van der Waals surface area contributed by atoms with Crippen LogP contribution in [0.3, 0.4) is 0 Å². The molecule has 0 aromatic heterocycles. The van der Waals surface area contributed by atoms with Crippen molar-refractivity contribution in [1.29, 1.82) is 0 Å². The van der Waals surface area contributed by atoms with Crippen molar-refractivity contribution in [3.8, 4) is 11.5 Å². The number of fused-ring (bicyclic) bond motifs is 1. The zero-order valence-corrected chi connectivity index (χ0v) is 17.1. The molecule has 0 bridgehead atoms. The first-order chi connectivity index (χ1) is 14.5. The lowest BCUT2D eigenvalue weighted by atomic mass is 10.2. The van der Waals surface area contributed by atoms with Gasteiger partial charge in [0.1, 0.15) is 5.82 Å². The van der Waals surface area contributed by atoms with E-state index in [-0.39, 0.29) is 18.8 Å². The topological polar surface area (TPSA) is 73.9 Å². The Kier molecular flexibility index (Phi) is 6.13. The Hall–Kier alpha value is -2.74. The summed E-state index contributed by atoms with van der Waals surface area (Å²) in [5.74, 6) is 0.0370. The van der Waals surface area contributed by atoms with Crippen LogP contribution in [0.4, 0.5) is 10.1 Å². The molecule has 2 aliphatic rings. The largest absolute Gasteiger partial charge is 0.456 e. The van der Waals surface area contributed by atoms with Crippen LogP contribution in [-0.2, 0) is 14.3 Å². The number of halogens is 1. The van der Waals surface area contributed by atoms with Gasteiger partial charge in [-0.05, 0) is 49.2 Å². The molecule has 0 atom stereocenters. The SMILES string of the molecule is O=C(COC(=O)CCSc1ccc(F)cc1)Nc1ccc2c(c1)OC1(CCCC1)O2. The second-order valence-corrected chi connectivity index (χ2v) is 8.41. The first-order valence-corrected chi connectivity index (χ1v) is 10.9. The molecule has 1 fully saturated rings. The van der Waals surface area contributed by atoms with E-state index in [9.17, 15) is 14.0 Å². The van der Waals surface area contributed by atoms with Crippen LogP contribution in [0.25, 0.3) is 0 Å². The van der Waals surface area contributed by atoms with E-state index in [4.69, 9.17) is 14.2 Å². The summed E-state index contributed by atoms with van der Waals surface area (Å²) in [6.07, 6.45) is 4.02. The van der Waals surface area contributed by atoms with Gasteiger partial charge in [-0.25, -0.2) is 4.39 Å². The van der Waals surface area contributed by atoms with Gasteiger partial charge in [0.05, 0.1) is 6.42 Å². The number of hydrogen-bond donors (Lipinski definition) is 1. The van der Waals surface area contributed by atoms with Gasteiger partial charge in [0, 0.05) is 35.2 Å². The molecule has 1 heterocycles. The van der Waals surface area contributed by atoms with Gasteiger partial charge in [-0.2, -0.15) is 0 Å². The summed E-state index contributed by atoms with van der Waals surface area (Å²) in [6.45, 7) is -0.363. The van der Waals surface area contributed by atoms with Crippen molar-refractivity contribution in [2.24, 2.45) is 0 Å². The van der Waals surface area contributed by atoms with Gasteiger partial charge in [-0.15, -0.1) is 11.8 Å². The highest BCUT2D eigenvalue weighted by atomic mass is 32.2. The maximum atomic E-state index is 12.9. The first kappa shape index (κ1) is 20.5. The number of benzene rings is 2. The van der Waals surface area contributed by atoms with E-state index in [1.54, 1.807) is 30.3 Å². The molecule has 1 saturated carbocycles. The summed E-state index contributed by atoms with van der Waals surface area (Å²) in [5.41, 5.74) is 0.556. The maximum absolute atomic E-state index is 12.9. The second kappa shape index (κ2) is 8.95. The van der Waals surface area contributed by atoms with E-state index in [1.807, 2.05) is 0 Å². The quantitative estimate of drug-likeness (QED) is 0.513. The molecule has 8 heteroatoms. The molecule has 1 amide bonds. The Balaban J connectivity index is 1.19. The summed E-state index contributed by atoms with van der Waals surface area (Å²) in [4.78, 5) is 24.8. The van der Waals surface area contributed by atoms with Crippen LogP contribution >= 0.6 is 11.8 Å². The molecule has 1 aliphatic carbocycles. The number of esters is 1. The number of carbonyl (C=O) groups is 2. The highest BCUT2D eigenvalue weighted by molar-refractivity contribution is 7.99. The predicted molar refractivity (Wildman–Crippen MR) is 110 cm³/mol. The van der Waals surface area contributed by atoms with Crippen LogP contribution in [-0.4, -0.2) is 30.0 Å². The minimum absolute atomic E-state index is 0.154. The monoisotopic (exact) mass is 431 g/mol. The number of amides is 1. The number of ether oxygens (including phenoxy) is 3. The van der Waals surface area contributed by atoms with E-state index < -0.39 is 17.7 Å². The fraction of sp³-hybridized carbons (Fsp3) is 0.364. The van der Waals surface area contributed by atoms with E-state index in [2.05, 4.69) is 5.32 Å². The lowest BCUT2D eigenvalue weighted by Gasteiger charge is -2.21. The van der Waals surface area contributed by atoms with E-state index >= 15 is 0 Å². The van der Waals surface area contributed by atoms with Gasteiger partial charge in [-0.1, -0.05) is 0 Å². The molecule has 158 valence electrons. The first-order valence-electron chi connectivity index (χ1n) is 9.87. The molecule has 0 radical (unpaired) electrons. The Bertz CT molecular complexity index is 928. The molecule has 0 unspecified atom stereocenters. The third kappa shape index (κ3) is 5.05. The Morgan fingerprint density at radius 3 is 2.57 bits per heavy atom. The van der Waals surface area contributed by atoms with Gasteiger partial charge in [0.15, 0.2) is 18.1 Å². The lowest BCUT2D eigenvalue weighted by molar-refractivity contribution is -0.146. The average Bonchev–Trinajstić information content (AvgIpc) is 3.33. The van der Waals surface area contributed by atoms with Crippen LogP contribution in [0, 0.1) is 5.82 Å². The summed E-state index contributed by atoms with van der Waals surface area (Å²) in [6, 6.07) is 11.3. The average molecular weight is 431 g/mol. The molecule has 0 saturated heterocycles. The molecule has 1 N–H and O–H groups in total. The van der Waals surface area contributed by atoms with Gasteiger partial charge >= 0.3 is 5.97 Å². The van der Waals surface area contributed by atoms with Crippen LogP contribution < -0.4 is 14.8 Å². The minimum Gasteiger partial charge on any atom is -0.456 e. The molecular formula is C22H22FNO5S. The van der Waals surface area contributed by atoms with Crippen LogP contribution in [0.2, 0.25) is 0 Å². The number of carbonyl (C=O) groups excluding carboxylic acids is 2. The van der Waals surface area contributed by atoms with Crippen molar-refractivity contribution in [3.63, 3.8) is 0 Å². The number of thioether (sulfide) groups is 1. The summed E-state index contributed by atoms with van der Waals surface area (Å²) in [5, 5.41) is 2.70. The van der Waals surface area contributed by atoms with Crippen molar-refractivity contribution in [1.82, 2.24) is 0 Å². The van der Waals surface area contributed by atoms with Crippen LogP contribution in [0.1, 0.15) is 32.1 Å². The van der Waals surface area contributed by atoms with Gasteiger partial charge in [0.2, 0.25) is 0 Å². The molecule has 2 aromatic rings. The van der Waals surface area contributed by atoms with E-state index in [0.717, 1.165) is 30.6 Å². The molecule has 30 heavy (non-hydrogen) atoms. The maximum Gasteiger partial charge on any atom is 0.307 e. The molecule has 2 aromatic carbocycles. The second-order valence-electron chi connectivity index (χ2n) is 7.24. The molecule has 1 spiro atoms. The highest BCUT2D eigenvalue weighted by Gasteiger charge is 2.44. The van der Waals surface area contributed by atoms with Crippen molar-refractivity contribution in [2.45, 2.75) is 42.8 Å². The zero-order chi connectivity index (χ0) is 21.0. The van der Waals surface area contributed by atoms with E-state index in [0.29, 0.717) is 22.9 Å². The van der Waals surface area contributed by atoms with Crippen molar-refractivity contribution in [2.75, 3.05) is 17.7 Å². The fourth-order valence-corrected chi connectivity index (χ4v) is 4.32. The summed E-state index contributed by atoms with van der Waals surface area (Å²) < 4.78 is 29.8. The number of anilines is 1. The third-order valence-electron chi connectivity index (χ3n) is 4.94. The zero-order valence-electron chi connectivity index (χ0n) is 16.3. The standard InChI is InChI=1S/C22H22FNO5S/c23-15-3-6-17(7-4-15)30-12-9-21(26)27-14-20(25)24-16-5-8-18-19(13-16)29-22(28-18)10-1-2-11-22/h3-8,13H,1-2,9-12,14H2,(H,24,25). The number of nitrogens with one attached hydrogen (secondary N) is 1. The van der Waals surface area contributed by atoms with Crippen molar-refractivity contribution in [3.05, 3.63) is 48.3 Å². The summed E-state index contributed by atoms with van der Waals surface area (Å²) >= 11 is 1.42.